The van der Waals surface area contributed by atoms with E-state index in [0.29, 0.717) is 18.9 Å². The fourth-order valence-electron chi connectivity index (χ4n) is 3.72. The van der Waals surface area contributed by atoms with Crippen LogP contribution in [-0.2, 0) is 13.1 Å². The maximum atomic E-state index is 12.4. The minimum atomic E-state index is -0.135. The van der Waals surface area contributed by atoms with Crippen molar-refractivity contribution in [3.63, 3.8) is 0 Å². The molecule has 0 spiro atoms. The molecule has 0 saturated heterocycles. The van der Waals surface area contributed by atoms with E-state index in [1.165, 1.54) is 24.8 Å². The maximum absolute atomic E-state index is 12.4. The average molecular weight is 348 g/mol. The van der Waals surface area contributed by atoms with Crippen molar-refractivity contribution in [2.75, 3.05) is 20.7 Å². The zero-order chi connectivity index (χ0) is 18.1. The number of carbonyl (C=O) groups is 1. The molecular formula is C20H33N3O2. The normalized spacial score (nSPS) is 16.6. The standard InChI is InChI=1S/C20H33N3O2/c1-23(2)15-18-11-7-6-10-17(18)14-21-20(25)22-19(12-13-24)16-8-4-3-5-9-16/h6-7,10-11,16,19,24H,3-5,8-9,12-15H2,1-2H3,(H2,21,22,25). The van der Waals surface area contributed by atoms with E-state index in [1.54, 1.807) is 0 Å². The smallest absolute Gasteiger partial charge is 0.315 e. The molecule has 0 radical (unpaired) electrons. The molecule has 2 rings (SSSR count). The summed E-state index contributed by atoms with van der Waals surface area (Å²) in [6.45, 7) is 1.49. The largest absolute Gasteiger partial charge is 0.396 e. The lowest BCUT2D eigenvalue weighted by molar-refractivity contribution is 0.196. The lowest BCUT2D eigenvalue weighted by Gasteiger charge is -2.30. The van der Waals surface area contributed by atoms with Crippen molar-refractivity contribution in [1.29, 1.82) is 0 Å². The molecule has 1 aliphatic rings. The molecule has 0 aliphatic heterocycles. The highest BCUT2D eigenvalue weighted by Gasteiger charge is 2.24. The summed E-state index contributed by atoms with van der Waals surface area (Å²) in [5.41, 5.74) is 2.37. The quantitative estimate of drug-likeness (QED) is 0.677. The van der Waals surface area contributed by atoms with E-state index in [0.717, 1.165) is 24.9 Å². The summed E-state index contributed by atoms with van der Waals surface area (Å²) in [4.78, 5) is 14.5. The summed E-state index contributed by atoms with van der Waals surface area (Å²) in [7, 11) is 4.08. The number of rotatable bonds is 8. The molecule has 1 atom stereocenters. The van der Waals surface area contributed by atoms with Crippen LogP contribution < -0.4 is 10.6 Å². The molecule has 140 valence electrons. The van der Waals surface area contributed by atoms with Crippen LogP contribution in [0.25, 0.3) is 0 Å². The highest BCUT2D eigenvalue weighted by atomic mass is 16.3. The number of amides is 2. The van der Waals surface area contributed by atoms with Gasteiger partial charge in [0, 0.05) is 25.7 Å². The minimum absolute atomic E-state index is 0.0716. The molecule has 5 heteroatoms. The van der Waals surface area contributed by atoms with Gasteiger partial charge in [0.15, 0.2) is 0 Å². The number of nitrogens with one attached hydrogen (secondary N) is 2. The van der Waals surface area contributed by atoms with Gasteiger partial charge in [-0.1, -0.05) is 43.5 Å². The van der Waals surface area contributed by atoms with Crippen LogP contribution >= 0.6 is 0 Å². The topological polar surface area (TPSA) is 64.6 Å². The van der Waals surface area contributed by atoms with Gasteiger partial charge >= 0.3 is 6.03 Å². The summed E-state index contributed by atoms with van der Waals surface area (Å²) in [5, 5.41) is 15.4. The Morgan fingerprint density at radius 1 is 1.20 bits per heavy atom. The Kier molecular flexibility index (Phi) is 8.22. The molecular weight excluding hydrogens is 314 g/mol. The lowest BCUT2D eigenvalue weighted by Crippen LogP contribution is -2.46. The second-order valence-electron chi connectivity index (χ2n) is 7.35. The SMILES string of the molecule is CN(C)Cc1ccccc1CNC(=O)NC(CCO)C1CCCCC1. The van der Waals surface area contributed by atoms with Crippen LogP contribution in [0.15, 0.2) is 24.3 Å². The van der Waals surface area contributed by atoms with Crippen LogP contribution in [-0.4, -0.2) is 42.8 Å². The molecule has 0 heterocycles. The number of urea groups is 1. The fraction of sp³-hybridized carbons (Fsp3) is 0.650. The third-order valence-electron chi connectivity index (χ3n) is 5.02. The van der Waals surface area contributed by atoms with Gasteiger partial charge in [0.2, 0.25) is 0 Å². The lowest BCUT2D eigenvalue weighted by atomic mass is 9.83. The molecule has 0 aromatic heterocycles. The summed E-state index contributed by atoms with van der Waals surface area (Å²) in [6.07, 6.45) is 6.68. The molecule has 1 unspecified atom stereocenters. The Labute approximate surface area is 151 Å². The summed E-state index contributed by atoms with van der Waals surface area (Å²) in [5.74, 6) is 0.493. The number of carbonyl (C=O) groups excluding carboxylic acids is 1. The predicted molar refractivity (Wildman–Crippen MR) is 101 cm³/mol. The number of aliphatic hydroxyl groups excluding tert-OH is 1. The van der Waals surface area contributed by atoms with E-state index in [4.69, 9.17) is 0 Å². The summed E-state index contributed by atoms with van der Waals surface area (Å²) < 4.78 is 0. The number of hydrogen-bond acceptors (Lipinski definition) is 3. The van der Waals surface area contributed by atoms with Crippen molar-refractivity contribution in [2.24, 2.45) is 5.92 Å². The number of nitrogens with zero attached hydrogens (tertiary/aromatic N) is 1. The second kappa shape index (κ2) is 10.4. The predicted octanol–water partition coefficient (Wildman–Crippen LogP) is 2.88. The Balaban J connectivity index is 1.88. The number of aliphatic hydroxyl groups is 1. The van der Waals surface area contributed by atoms with E-state index in [1.807, 2.05) is 26.2 Å². The van der Waals surface area contributed by atoms with Crippen LogP contribution in [0.3, 0.4) is 0 Å². The van der Waals surface area contributed by atoms with Gasteiger partial charge in [-0.3, -0.25) is 0 Å². The van der Waals surface area contributed by atoms with E-state index in [2.05, 4.69) is 27.7 Å². The van der Waals surface area contributed by atoms with Crippen LogP contribution in [0, 0.1) is 5.92 Å². The van der Waals surface area contributed by atoms with Crippen molar-refractivity contribution in [3.05, 3.63) is 35.4 Å². The van der Waals surface area contributed by atoms with E-state index in [-0.39, 0.29) is 18.7 Å². The van der Waals surface area contributed by atoms with Crippen LogP contribution in [0.1, 0.15) is 49.7 Å². The fourth-order valence-corrected chi connectivity index (χ4v) is 3.72. The van der Waals surface area contributed by atoms with E-state index >= 15 is 0 Å². The molecule has 1 aromatic carbocycles. The van der Waals surface area contributed by atoms with Gasteiger partial charge in [-0.05, 0) is 50.4 Å². The first-order chi connectivity index (χ1) is 12.1. The summed E-state index contributed by atoms with van der Waals surface area (Å²) in [6, 6.07) is 8.13. The van der Waals surface area contributed by atoms with E-state index in [9.17, 15) is 9.90 Å². The zero-order valence-corrected chi connectivity index (χ0v) is 15.6. The van der Waals surface area contributed by atoms with Gasteiger partial charge in [-0.15, -0.1) is 0 Å². The number of hydrogen-bond donors (Lipinski definition) is 3. The first kappa shape index (κ1) is 19.7. The maximum Gasteiger partial charge on any atom is 0.315 e. The van der Waals surface area contributed by atoms with Gasteiger partial charge in [-0.2, -0.15) is 0 Å². The van der Waals surface area contributed by atoms with Crippen molar-refractivity contribution in [3.8, 4) is 0 Å². The first-order valence-electron chi connectivity index (χ1n) is 9.47. The third kappa shape index (κ3) is 6.67. The van der Waals surface area contributed by atoms with Gasteiger partial charge in [0.25, 0.3) is 0 Å². The summed E-state index contributed by atoms with van der Waals surface area (Å²) >= 11 is 0. The van der Waals surface area contributed by atoms with Gasteiger partial charge in [0.05, 0.1) is 0 Å². The Bertz CT molecular complexity index is 527. The Morgan fingerprint density at radius 2 is 1.88 bits per heavy atom. The molecule has 5 nitrogen and oxygen atoms in total. The van der Waals surface area contributed by atoms with E-state index < -0.39 is 0 Å². The van der Waals surface area contributed by atoms with Crippen molar-refractivity contribution < 1.29 is 9.90 Å². The Morgan fingerprint density at radius 3 is 2.52 bits per heavy atom. The molecule has 3 N–H and O–H groups in total. The zero-order valence-electron chi connectivity index (χ0n) is 15.6. The average Bonchev–Trinajstić information content (AvgIpc) is 2.61. The van der Waals surface area contributed by atoms with Gasteiger partial charge < -0.3 is 20.6 Å². The monoisotopic (exact) mass is 347 g/mol. The molecule has 1 saturated carbocycles. The second-order valence-corrected chi connectivity index (χ2v) is 7.35. The van der Waals surface area contributed by atoms with Crippen molar-refractivity contribution in [1.82, 2.24) is 15.5 Å². The highest BCUT2D eigenvalue weighted by molar-refractivity contribution is 5.74. The van der Waals surface area contributed by atoms with Crippen LogP contribution in [0.4, 0.5) is 4.79 Å². The minimum Gasteiger partial charge on any atom is -0.396 e. The van der Waals surface area contributed by atoms with Crippen molar-refractivity contribution >= 4 is 6.03 Å². The van der Waals surface area contributed by atoms with Gasteiger partial charge in [0.1, 0.15) is 0 Å². The molecule has 2 amide bonds. The number of benzene rings is 1. The van der Waals surface area contributed by atoms with Crippen LogP contribution in [0.2, 0.25) is 0 Å². The first-order valence-corrected chi connectivity index (χ1v) is 9.47. The van der Waals surface area contributed by atoms with Gasteiger partial charge in [-0.25, -0.2) is 4.79 Å². The van der Waals surface area contributed by atoms with Crippen molar-refractivity contribution in [2.45, 2.75) is 57.7 Å². The molecule has 1 aliphatic carbocycles. The Hall–Kier alpha value is -1.59. The molecule has 0 bridgehead atoms. The highest BCUT2D eigenvalue weighted by Crippen LogP contribution is 2.27. The molecule has 1 aromatic rings. The molecule has 1 fully saturated rings. The van der Waals surface area contributed by atoms with Crippen LogP contribution in [0.5, 0.6) is 0 Å². The third-order valence-corrected chi connectivity index (χ3v) is 5.02. The molecule has 25 heavy (non-hydrogen) atoms.